The van der Waals surface area contributed by atoms with Gasteiger partial charge in [-0.05, 0) is 52.3 Å². The van der Waals surface area contributed by atoms with E-state index in [1.807, 2.05) is 20.8 Å². The van der Waals surface area contributed by atoms with E-state index in [1.165, 1.54) is 17.0 Å². The minimum absolute atomic E-state index is 0.125. The third-order valence-electron chi connectivity index (χ3n) is 4.22. The van der Waals surface area contributed by atoms with Gasteiger partial charge in [0.2, 0.25) is 0 Å². The highest BCUT2D eigenvalue weighted by Gasteiger charge is 2.42. The van der Waals surface area contributed by atoms with Crippen LogP contribution < -0.4 is 10.6 Å². The summed E-state index contributed by atoms with van der Waals surface area (Å²) in [7, 11) is 0. The third kappa shape index (κ3) is 4.66. The summed E-state index contributed by atoms with van der Waals surface area (Å²) in [5, 5.41) is 15.0. The van der Waals surface area contributed by atoms with Crippen molar-refractivity contribution >= 4 is 35.2 Å². The van der Waals surface area contributed by atoms with Crippen LogP contribution in [0, 0.1) is 5.41 Å². The summed E-state index contributed by atoms with van der Waals surface area (Å²) in [4.78, 5) is 37.6. The van der Waals surface area contributed by atoms with E-state index in [2.05, 4.69) is 10.6 Å². The van der Waals surface area contributed by atoms with E-state index in [9.17, 15) is 19.5 Å². The molecule has 0 spiro atoms. The Morgan fingerprint density at radius 3 is 2.46 bits per heavy atom. The number of halogens is 1. The molecule has 2 rings (SSSR count). The third-order valence-corrected chi connectivity index (χ3v) is 4.55. The van der Waals surface area contributed by atoms with Gasteiger partial charge in [0.15, 0.2) is 0 Å². The monoisotopic (exact) mass is 381 g/mol. The molecule has 1 aliphatic heterocycles. The number of carbonyl (C=O) groups is 3. The van der Waals surface area contributed by atoms with Gasteiger partial charge >= 0.3 is 12.0 Å². The van der Waals surface area contributed by atoms with Crippen molar-refractivity contribution in [3.63, 3.8) is 0 Å². The summed E-state index contributed by atoms with van der Waals surface area (Å²) in [6.07, 6.45) is 0.387. The van der Waals surface area contributed by atoms with Gasteiger partial charge in [-0.15, -0.1) is 0 Å². The molecule has 3 N–H and O–H groups in total. The Kier molecular flexibility index (Phi) is 5.51. The average Bonchev–Trinajstić information content (AvgIpc) is 2.90. The lowest BCUT2D eigenvalue weighted by Crippen LogP contribution is -2.43. The zero-order valence-corrected chi connectivity index (χ0v) is 16.1. The van der Waals surface area contributed by atoms with Crippen LogP contribution in [0.15, 0.2) is 18.2 Å². The molecule has 8 heteroatoms. The predicted molar refractivity (Wildman–Crippen MR) is 99.6 cm³/mol. The Morgan fingerprint density at radius 1 is 1.27 bits per heavy atom. The number of carboxylic acids is 1. The van der Waals surface area contributed by atoms with Crippen molar-refractivity contribution in [3.05, 3.63) is 28.8 Å². The van der Waals surface area contributed by atoms with Gasteiger partial charge in [-0.1, -0.05) is 11.6 Å². The van der Waals surface area contributed by atoms with E-state index in [1.54, 1.807) is 13.0 Å². The SMILES string of the molecule is CC(C)(C)NC(=O)Nc1ccc(Cl)c(C(=O)N2CCC(C)(C(=O)O)C2)c1. The molecule has 1 unspecified atom stereocenters. The highest BCUT2D eigenvalue weighted by molar-refractivity contribution is 6.34. The lowest BCUT2D eigenvalue weighted by Gasteiger charge is -2.22. The fraction of sp³-hybridized carbons (Fsp3) is 0.500. The van der Waals surface area contributed by atoms with Crippen molar-refractivity contribution < 1.29 is 19.5 Å². The molecule has 0 aliphatic carbocycles. The molecule has 7 nitrogen and oxygen atoms in total. The number of urea groups is 1. The summed E-state index contributed by atoms with van der Waals surface area (Å²) < 4.78 is 0. The minimum atomic E-state index is -0.954. The summed E-state index contributed by atoms with van der Waals surface area (Å²) in [5.41, 5.74) is -0.689. The number of aliphatic carboxylic acids is 1. The Labute approximate surface area is 157 Å². The molecule has 1 saturated heterocycles. The van der Waals surface area contributed by atoms with E-state index >= 15 is 0 Å². The van der Waals surface area contributed by atoms with E-state index < -0.39 is 23.0 Å². The van der Waals surface area contributed by atoms with Crippen molar-refractivity contribution in [2.45, 2.75) is 39.7 Å². The molecule has 3 amide bonds. The fourth-order valence-corrected chi connectivity index (χ4v) is 2.95. The summed E-state index contributed by atoms with van der Waals surface area (Å²) in [5.74, 6) is -1.27. The number of carboxylic acid groups (broad SMARTS) is 1. The average molecular weight is 382 g/mol. The van der Waals surface area contributed by atoms with Crippen LogP contribution >= 0.6 is 11.6 Å². The number of nitrogens with one attached hydrogen (secondary N) is 2. The van der Waals surface area contributed by atoms with Crippen molar-refractivity contribution in [2.75, 3.05) is 18.4 Å². The summed E-state index contributed by atoms with van der Waals surface area (Å²) in [6, 6.07) is 4.25. The fourth-order valence-electron chi connectivity index (χ4n) is 2.75. The number of carbonyl (C=O) groups excluding carboxylic acids is 2. The molecule has 0 bridgehead atoms. The molecule has 0 radical (unpaired) electrons. The van der Waals surface area contributed by atoms with Crippen molar-refractivity contribution in [3.8, 4) is 0 Å². The second-order valence-corrected chi connectivity index (χ2v) is 8.27. The molecule has 1 aromatic rings. The van der Waals surface area contributed by atoms with Crippen LogP contribution in [-0.4, -0.2) is 46.5 Å². The highest BCUT2D eigenvalue weighted by atomic mass is 35.5. The van der Waals surface area contributed by atoms with Crippen LogP contribution in [0.2, 0.25) is 5.02 Å². The molecular weight excluding hydrogens is 358 g/mol. The largest absolute Gasteiger partial charge is 0.481 e. The Balaban J connectivity index is 2.16. The minimum Gasteiger partial charge on any atom is -0.481 e. The number of benzene rings is 1. The number of likely N-dealkylation sites (tertiary alicyclic amines) is 1. The van der Waals surface area contributed by atoms with Crippen LogP contribution in [-0.2, 0) is 4.79 Å². The maximum Gasteiger partial charge on any atom is 0.319 e. The zero-order valence-electron chi connectivity index (χ0n) is 15.4. The number of hydrogen-bond acceptors (Lipinski definition) is 3. The molecule has 1 atom stereocenters. The van der Waals surface area contributed by atoms with Gasteiger partial charge in [0.25, 0.3) is 5.91 Å². The zero-order chi connectivity index (χ0) is 19.7. The van der Waals surface area contributed by atoms with Crippen LogP contribution in [0.25, 0.3) is 0 Å². The first kappa shape index (κ1) is 20.0. The summed E-state index contributed by atoms with van der Waals surface area (Å²) >= 11 is 6.15. The lowest BCUT2D eigenvalue weighted by molar-refractivity contribution is -0.147. The van der Waals surface area contributed by atoms with Crippen LogP contribution in [0.5, 0.6) is 0 Å². The Bertz CT molecular complexity index is 744. The van der Waals surface area contributed by atoms with Gasteiger partial charge in [-0.25, -0.2) is 4.79 Å². The van der Waals surface area contributed by atoms with Crippen LogP contribution in [0.1, 0.15) is 44.5 Å². The normalized spacial score (nSPS) is 20.0. The van der Waals surface area contributed by atoms with E-state index in [0.29, 0.717) is 18.7 Å². The molecule has 0 saturated carbocycles. The molecule has 1 heterocycles. The maximum atomic E-state index is 12.8. The van der Waals surface area contributed by atoms with Crippen molar-refractivity contribution in [2.24, 2.45) is 5.41 Å². The quantitative estimate of drug-likeness (QED) is 0.748. The van der Waals surface area contributed by atoms with Gasteiger partial charge < -0.3 is 20.6 Å². The molecule has 26 heavy (non-hydrogen) atoms. The molecule has 0 aromatic heterocycles. The van der Waals surface area contributed by atoms with Gasteiger partial charge in [0, 0.05) is 24.3 Å². The van der Waals surface area contributed by atoms with Gasteiger partial charge in [-0.3, -0.25) is 9.59 Å². The van der Waals surface area contributed by atoms with Crippen LogP contribution in [0.4, 0.5) is 10.5 Å². The number of anilines is 1. The first-order valence-corrected chi connectivity index (χ1v) is 8.70. The number of nitrogens with zero attached hydrogens (tertiary/aromatic N) is 1. The van der Waals surface area contributed by atoms with E-state index in [-0.39, 0.29) is 23.0 Å². The number of amides is 3. The van der Waals surface area contributed by atoms with E-state index in [4.69, 9.17) is 11.6 Å². The molecule has 142 valence electrons. The van der Waals surface area contributed by atoms with Gasteiger partial charge in [0.1, 0.15) is 0 Å². The predicted octanol–water partition coefficient (Wildman–Crippen LogP) is 3.20. The van der Waals surface area contributed by atoms with Gasteiger partial charge in [0.05, 0.1) is 16.0 Å². The van der Waals surface area contributed by atoms with Crippen molar-refractivity contribution in [1.29, 1.82) is 0 Å². The second kappa shape index (κ2) is 7.15. The number of rotatable bonds is 3. The highest BCUT2D eigenvalue weighted by Crippen LogP contribution is 2.32. The molecule has 1 fully saturated rings. The standard InChI is InChI=1S/C18H24ClN3O4/c1-17(2,3)21-16(26)20-11-5-6-13(19)12(9-11)14(23)22-8-7-18(4,10-22)15(24)25/h5-6,9H,7-8,10H2,1-4H3,(H,24,25)(H2,20,21,26). The molecule has 1 aliphatic rings. The first-order valence-electron chi connectivity index (χ1n) is 8.33. The van der Waals surface area contributed by atoms with Crippen LogP contribution in [0.3, 0.4) is 0 Å². The first-order chi connectivity index (χ1) is 11.9. The van der Waals surface area contributed by atoms with Crippen molar-refractivity contribution in [1.82, 2.24) is 10.2 Å². The summed E-state index contributed by atoms with van der Waals surface area (Å²) in [6.45, 7) is 7.67. The smallest absolute Gasteiger partial charge is 0.319 e. The van der Waals surface area contributed by atoms with Gasteiger partial charge in [-0.2, -0.15) is 0 Å². The molecular formula is C18H24ClN3O4. The topological polar surface area (TPSA) is 98.7 Å². The number of hydrogen-bond donors (Lipinski definition) is 3. The lowest BCUT2D eigenvalue weighted by atomic mass is 9.90. The van der Waals surface area contributed by atoms with E-state index in [0.717, 1.165) is 0 Å². The Morgan fingerprint density at radius 2 is 1.92 bits per heavy atom. The maximum absolute atomic E-state index is 12.8. The molecule has 1 aromatic carbocycles. The Hall–Kier alpha value is -2.28. The second-order valence-electron chi connectivity index (χ2n) is 7.87.